The Labute approximate surface area is 121 Å². The third-order valence-electron chi connectivity index (χ3n) is 4.38. The average Bonchev–Trinajstić information content (AvgIpc) is 2.64. The summed E-state index contributed by atoms with van der Waals surface area (Å²) in [6, 6.07) is 6.04. The Morgan fingerprint density at radius 3 is 2.58 bits per heavy atom. The lowest BCUT2D eigenvalue weighted by atomic mass is 10.0. The molecule has 1 N–H and O–H groups in total. The number of aryl methyl sites for hydroxylation is 1. The first-order chi connectivity index (χ1) is 9.08. The second kappa shape index (κ2) is 4.82. The lowest BCUT2D eigenvalue weighted by Crippen LogP contribution is -2.46. The minimum atomic E-state index is -0.00639. The summed E-state index contributed by atoms with van der Waals surface area (Å²) in [5.74, 6) is 0.126. The molecule has 2 aliphatic heterocycles. The van der Waals surface area contributed by atoms with E-state index in [4.69, 9.17) is 0 Å². The molecule has 2 atom stereocenters. The molecule has 3 nitrogen and oxygen atoms in total. The monoisotopic (exact) mass is 323 g/mol. The van der Waals surface area contributed by atoms with Gasteiger partial charge in [0.05, 0.1) is 5.56 Å². The van der Waals surface area contributed by atoms with E-state index in [1.807, 2.05) is 24.0 Å². The van der Waals surface area contributed by atoms with Crippen LogP contribution in [0.5, 0.6) is 5.75 Å². The zero-order valence-corrected chi connectivity index (χ0v) is 12.6. The van der Waals surface area contributed by atoms with E-state index >= 15 is 0 Å². The highest BCUT2D eigenvalue weighted by molar-refractivity contribution is 9.09. The van der Waals surface area contributed by atoms with Crippen LogP contribution in [0.3, 0.4) is 0 Å². The van der Waals surface area contributed by atoms with Crippen molar-refractivity contribution in [1.29, 1.82) is 0 Å². The molecule has 1 aromatic carbocycles. The van der Waals surface area contributed by atoms with E-state index in [1.54, 1.807) is 6.07 Å². The highest BCUT2D eigenvalue weighted by Crippen LogP contribution is 2.40. The molecule has 2 heterocycles. The van der Waals surface area contributed by atoms with E-state index in [1.165, 1.54) is 0 Å². The fraction of sp³-hybridized carbons (Fsp3) is 0.533. The molecule has 0 aliphatic carbocycles. The fourth-order valence-electron chi connectivity index (χ4n) is 3.41. The number of halogens is 1. The standard InChI is InChI=1S/C15H18BrNO2/c1-9-3-2-4-13(14(9)18)15(19)17-11-5-6-12(17)8-10(16)7-11/h2-4,10-12,18H,5-8H2,1H3. The topological polar surface area (TPSA) is 40.5 Å². The number of hydrogen-bond donors (Lipinski definition) is 1. The number of carbonyl (C=O) groups is 1. The Balaban J connectivity index is 1.91. The number of para-hydroxylation sites is 1. The van der Waals surface area contributed by atoms with E-state index in [9.17, 15) is 9.90 Å². The number of fused-ring (bicyclic) bond motifs is 2. The van der Waals surface area contributed by atoms with Gasteiger partial charge >= 0.3 is 0 Å². The number of carbonyl (C=O) groups excluding carboxylic acids is 1. The van der Waals surface area contributed by atoms with Gasteiger partial charge in [0.25, 0.3) is 5.91 Å². The summed E-state index contributed by atoms with van der Waals surface area (Å²) >= 11 is 3.68. The lowest BCUT2D eigenvalue weighted by Gasteiger charge is -2.37. The number of benzene rings is 1. The molecule has 1 aromatic rings. The lowest BCUT2D eigenvalue weighted by molar-refractivity contribution is 0.0600. The number of amides is 1. The van der Waals surface area contributed by atoms with E-state index < -0.39 is 0 Å². The van der Waals surface area contributed by atoms with Crippen molar-refractivity contribution in [1.82, 2.24) is 4.90 Å². The third-order valence-corrected chi connectivity index (χ3v) is 5.13. The molecule has 2 unspecified atom stereocenters. The molecule has 1 amide bonds. The van der Waals surface area contributed by atoms with Crippen LogP contribution < -0.4 is 0 Å². The van der Waals surface area contributed by atoms with Crippen LogP contribution in [0.4, 0.5) is 0 Å². The van der Waals surface area contributed by atoms with Gasteiger partial charge in [-0.3, -0.25) is 4.79 Å². The molecule has 2 fully saturated rings. The molecule has 19 heavy (non-hydrogen) atoms. The summed E-state index contributed by atoms with van der Waals surface area (Å²) in [6.45, 7) is 1.82. The SMILES string of the molecule is Cc1cccc(C(=O)N2C3CCC2CC(Br)C3)c1O. The van der Waals surface area contributed by atoms with Crippen LogP contribution in [0.15, 0.2) is 18.2 Å². The Morgan fingerprint density at radius 1 is 1.32 bits per heavy atom. The van der Waals surface area contributed by atoms with Gasteiger partial charge in [0.2, 0.25) is 0 Å². The molecule has 0 saturated carbocycles. The van der Waals surface area contributed by atoms with Crippen molar-refractivity contribution >= 4 is 21.8 Å². The Bertz CT molecular complexity index is 503. The first-order valence-corrected chi connectivity index (χ1v) is 7.75. The highest BCUT2D eigenvalue weighted by atomic mass is 79.9. The molecule has 0 aromatic heterocycles. The van der Waals surface area contributed by atoms with Crippen molar-refractivity contribution in [2.45, 2.75) is 49.5 Å². The van der Waals surface area contributed by atoms with Crippen LogP contribution in [0.1, 0.15) is 41.6 Å². The predicted molar refractivity (Wildman–Crippen MR) is 77.8 cm³/mol. The summed E-state index contributed by atoms with van der Waals surface area (Å²) < 4.78 is 0. The van der Waals surface area contributed by atoms with Crippen molar-refractivity contribution < 1.29 is 9.90 Å². The highest BCUT2D eigenvalue weighted by Gasteiger charge is 2.43. The maximum absolute atomic E-state index is 12.7. The number of nitrogens with zero attached hydrogens (tertiary/aromatic N) is 1. The van der Waals surface area contributed by atoms with Gasteiger partial charge in [0.1, 0.15) is 5.75 Å². The van der Waals surface area contributed by atoms with Crippen molar-refractivity contribution in [3.05, 3.63) is 29.3 Å². The van der Waals surface area contributed by atoms with Gasteiger partial charge < -0.3 is 10.0 Å². The van der Waals surface area contributed by atoms with Gasteiger partial charge in [-0.25, -0.2) is 0 Å². The molecule has 2 bridgehead atoms. The number of alkyl halides is 1. The Morgan fingerprint density at radius 2 is 1.95 bits per heavy atom. The van der Waals surface area contributed by atoms with Crippen molar-refractivity contribution in [3.63, 3.8) is 0 Å². The van der Waals surface area contributed by atoms with E-state index in [-0.39, 0.29) is 11.7 Å². The number of rotatable bonds is 1. The number of piperidine rings is 1. The molecule has 4 heteroatoms. The van der Waals surface area contributed by atoms with Crippen molar-refractivity contribution in [2.75, 3.05) is 0 Å². The fourth-order valence-corrected chi connectivity index (χ4v) is 4.28. The Kier molecular flexibility index (Phi) is 3.29. The van der Waals surface area contributed by atoms with E-state index in [0.29, 0.717) is 22.5 Å². The number of phenols is 1. The minimum Gasteiger partial charge on any atom is -0.507 e. The van der Waals surface area contributed by atoms with Gasteiger partial charge in [0, 0.05) is 16.9 Å². The number of hydrogen-bond acceptors (Lipinski definition) is 2. The van der Waals surface area contributed by atoms with Crippen LogP contribution >= 0.6 is 15.9 Å². The molecule has 0 radical (unpaired) electrons. The van der Waals surface area contributed by atoms with Crippen LogP contribution in [0, 0.1) is 6.92 Å². The smallest absolute Gasteiger partial charge is 0.258 e. The van der Waals surface area contributed by atoms with Crippen LogP contribution in [0.25, 0.3) is 0 Å². The van der Waals surface area contributed by atoms with Gasteiger partial charge in [0.15, 0.2) is 0 Å². The largest absolute Gasteiger partial charge is 0.507 e. The van der Waals surface area contributed by atoms with Crippen LogP contribution in [0.2, 0.25) is 0 Å². The molecule has 0 spiro atoms. The molecular weight excluding hydrogens is 306 g/mol. The zero-order chi connectivity index (χ0) is 13.6. The van der Waals surface area contributed by atoms with E-state index in [0.717, 1.165) is 31.2 Å². The summed E-state index contributed by atoms with van der Waals surface area (Å²) in [5, 5.41) is 10.1. The second-order valence-corrected chi connectivity index (χ2v) is 6.93. The second-order valence-electron chi connectivity index (χ2n) is 5.64. The first-order valence-electron chi connectivity index (χ1n) is 6.83. The molecular formula is C15H18BrNO2. The molecule has 102 valence electrons. The summed E-state index contributed by atoms with van der Waals surface area (Å²) in [5.41, 5.74) is 1.21. The van der Waals surface area contributed by atoms with Crippen molar-refractivity contribution in [3.8, 4) is 5.75 Å². The number of phenolic OH excluding ortho intramolecular Hbond substituents is 1. The van der Waals surface area contributed by atoms with Gasteiger partial charge in [-0.2, -0.15) is 0 Å². The first kappa shape index (κ1) is 13.0. The number of aromatic hydroxyl groups is 1. The predicted octanol–water partition coefficient (Wildman–Crippen LogP) is 3.23. The third kappa shape index (κ3) is 2.16. The van der Waals surface area contributed by atoms with Gasteiger partial charge in [-0.05, 0) is 44.2 Å². The van der Waals surface area contributed by atoms with Crippen LogP contribution in [-0.2, 0) is 0 Å². The van der Waals surface area contributed by atoms with Crippen LogP contribution in [-0.4, -0.2) is 32.8 Å². The summed E-state index contributed by atoms with van der Waals surface area (Å²) in [6.07, 6.45) is 4.22. The van der Waals surface area contributed by atoms with Gasteiger partial charge in [-0.15, -0.1) is 0 Å². The Hall–Kier alpha value is -1.03. The molecule has 2 saturated heterocycles. The quantitative estimate of drug-likeness (QED) is 0.806. The van der Waals surface area contributed by atoms with E-state index in [2.05, 4.69) is 15.9 Å². The maximum Gasteiger partial charge on any atom is 0.258 e. The maximum atomic E-state index is 12.7. The summed E-state index contributed by atoms with van der Waals surface area (Å²) in [7, 11) is 0. The minimum absolute atomic E-state index is 0.00639. The van der Waals surface area contributed by atoms with Gasteiger partial charge in [-0.1, -0.05) is 28.1 Å². The normalized spacial score (nSPS) is 29.6. The molecule has 2 aliphatic rings. The zero-order valence-electron chi connectivity index (χ0n) is 11.0. The summed E-state index contributed by atoms with van der Waals surface area (Å²) in [4.78, 5) is 15.2. The molecule has 3 rings (SSSR count). The average molecular weight is 324 g/mol. The van der Waals surface area contributed by atoms with Crippen molar-refractivity contribution in [2.24, 2.45) is 0 Å².